The lowest BCUT2D eigenvalue weighted by molar-refractivity contribution is -0.0919. The van der Waals surface area contributed by atoms with E-state index in [1.807, 2.05) is 0 Å². The van der Waals surface area contributed by atoms with Crippen LogP contribution in [0.2, 0.25) is 0 Å². The summed E-state index contributed by atoms with van der Waals surface area (Å²) in [6.45, 7) is 5.31. The summed E-state index contributed by atoms with van der Waals surface area (Å²) in [7, 11) is 0. The highest BCUT2D eigenvalue weighted by molar-refractivity contribution is 5.91. The predicted octanol–water partition coefficient (Wildman–Crippen LogP) is 9.86. The number of rotatable bonds is 9. The molecule has 2 heteroatoms. The SMILES string of the molecule is CCC(C)c1ccc(OC(OCCC2CCCCC2)C2c3ccccc3-c3ccccc32)c2ccccc12. The molecule has 0 bridgehead atoms. The van der Waals surface area contributed by atoms with Crippen LogP contribution in [0.4, 0.5) is 0 Å². The molecule has 2 aliphatic rings. The molecule has 0 amide bonds. The summed E-state index contributed by atoms with van der Waals surface area (Å²) in [4.78, 5) is 0. The molecule has 1 saturated carbocycles. The van der Waals surface area contributed by atoms with Gasteiger partial charge < -0.3 is 9.47 Å². The lowest BCUT2D eigenvalue weighted by atomic mass is 9.87. The second kappa shape index (κ2) is 11.3. The molecule has 0 saturated heterocycles. The lowest BCUT2D eigenvalue weighted by Crippen LogP contribution is -2.29. The maximum Gasteiger partial charge on any atom is 0.210 e. The van der Waals surface area contributed by atoms with Crippen LogP contribution in [0, 0.1) is 5.92 Å². The monoisotopic (exact) mass is 504 g/mol. The molecule has 0 N–H and O–H groups in total. The lowest BCUT2D eigenvalue weighted by Gasteiger charge is -2.29. The number of ether oxygens (including phenoxy) is 2. The zero-order chi connectivity index (χ0) is 25.9. The van der Waals surface area contributed by atoms with Gasteiger partial charge in [-0.1, -0.05) is 125 Å². The van der Waals surface area contributed by atoms with Crippen LogP contribution in [0.3, 0.4) is 0 Å². The number of hydrogen-bond acceptors (Lipinski definition) is 2. The summed E-state index contributed by atoms with van der Waals surface area (Å²) in [6, 6.07) is 30.7. The molecule has 1 fully saturated rings. The summed E-state index contributed by atoms with van der Waals surface area (Å²) in [5, 5.41) is 2.46. The maximum atomic E-state index is 6.96. The van der Waals surface area contributed by atoms with E-state index in [1.54, 1.807) is 0 Å². The Morgan fingerprint density at radius 3 is 2.05 bits per heavy atom. The van der Waals surface area contributed by atoms with E-state index in [-0.39, 0.29) is 12.2 Å². The van der Waals surface area contributed by atoms with Crippen molar-refractivity contribution >= 4 is 10.8 Å². The molecule has 0 aromatic heterocycles. The van der Waals surface area contributed by atoms with Gasteiger partial charge in [0.1, 0.15) is 5.75 Å². The van der Waals surface area contributed by atoms with E-state index in [4.69, 9.17) is 9.47 Å². The van der Waals surface area contributed by atoms with Crippen molar-refractivity contribution in [3.8, 4) is 16.9 Å². The van der Waals surface area contributed by atoms with Crippen molar-refractivity contribution in [1.29, 1.82) is 0 Å². The van der Waals surface area contributed by atoms with Crippen molar-refractivity contribution in [3.05, 3.63) is 102 Å². The van der Waals surface area contributed by atoms with Crippen LogP contribution in [-0.4, -0.2) is 12.9 Å². The van der Waals surface area contributed by atoms with Crippen molar-refractivity contribution in [2.24, 2.45) is 5.92 Å². The average molecular weight is 505 g/mol. The Hall–Kier alpha value is -3.10. The van der Waals surface area contributed by atoms with Crippen LogP contribution in [-0.2, 0) is 4.74 Å². The Labute approximate surface area is 228 Å². The Morgan fingerprint density at radius 2 is 1.37 bits per heavy atom. The van der Waals surface area contributed by atoms with E-state index < -0.39 is 0 Å². The van der Waals surface area contributed by atoms with Crippen LogP contribution in [0.5, 0.6) is 5.75 Å². The molecule has 2 unspecified atom stereocenters. The van der Waals surface area contributed by atoms with Gasteiger partial charge in [0, 0.05) is 5.39 Å². The molecule has 6 rings (SSSR count). The fourth-order valence-corrected chi connectivity index (χ4v) is 6.68. The number of fused-ring (bicyclic) bond motifs is 4. The van der Waals surface area contributed by atoms with E-state index in [0.717, 1.165) is 31.1 Å². The fourth-order valence-electron chi connectivity index (χ4n) is 6.68. The quantitative estimate of drug-likeness (QED) is 0.211. The Balaban J connectivity index is 1.37. The summed E-state index contributed by atoms with van der Waals surface area (Å²) >= 11 is 0. The first-order chi connectivity index (χ1) is 18.7. The van der Waals surface area contributed by atoms with Crippen molar-refractivity contribution in [2.45, 2.75) is 76.9 Å². The van der Waals surface area contributed by atoms with Gasteiger partial charge in [-0.2, -0.15) is 0 Å². The third kappa shape index (κ3) is 4.87. The molecule has 0 spiro atoms. The first-order valence-electron chi connectivity index (χ1n) is 14.7. The first kappa shape index (κ1) is 25.2. The first-order valence-corrected chi connectivity index (χ1v) is 14.7. The minimum atomic E-state index is -0.388. The standard InChI is InChI=1S/C36H40O2/c1-3-25(2)27-21-22-34(31-18-10-7-15-28(27)31)38-36(37-24-23-26-13-5-4-6-14-26)35-32-19-11-8-16-29(32)30-17-9-12-20-33(30)35/h7-12,15-22,25-26,35-36H,3-6,13-14,23-24H2,1-2H3. The van der Waals surface area contributed by atoms with Gasteiger partial charge in [-0.3, -0.25) is 0 Å². The van der Waals surface area contributed by atoms with Crippen molar-refractivity contribution < 1.29 is 9.47 Å². The molecular weight excluding hydrogens is 464 g/mol. The third-order valence-corrected chi connectivity index (χ3v) is 8.99. The minimum Gasteiger partial charge on any atom is -0.463 e. The normalized spacial score (nSPS) is 17.2. The molecule has 0 aliphatic heterocycles. The van der Waals surface area contributed by atoms with E-state index in [9.17, 15) is 0 Å². The zero-order valence-electron chi connectivity index (χ0n) is 22.9. The molecule has 0 heterocycles. The summed E-state index contributed by atoms with van der Waals surface area (Å²) in [6.07, 6.45) is 8.64. The van der Waals surface area contributed by atoms with E-state index in [1.165, 1.54) is 70.7 Å². The second-order valence-corrected chi connectivity index (χ2v) is 11.3. The highest BCUT2D eigenvalue weighted by Gasteiger charge is 2.36. The smallest absolute Gasteiger partial charge is 0.210 e. The average Bonchev–Trinajstić information content (AvgIpc) is 3.31. The molecule has 2 nitrogen and oxygen atoms in total. The van der Waals surface area contributed by atoms with Gasteiger partial charge >= 0.3 is 0 Å². The highest BCUT2D eigenvalue weighted by Crippen LogP contribution is 2.48. The number of benzene rings is 4. The zero-order valence-corrected chi connectivity index (χ0v) is 22.9. The Morgan fingerprint density at radius 1 is 0.737 bits per heavy atom. The summed E-state index contributed by atoms with van der Waals surface area (Å²) in [5.41, 5.74) is 6.60. The van der Waals surface area contributed by atoms with Gasteiger partial charge in [0.25, 0.3) is 0 Å². The number of hydrogen-bond donors (Lipinski definition) is 0. The van der Waals surface area contributed by atoms with E-state index >= 15 is 0 Å². The van der Waals surface area contributed by atoms with E-state index in [2.05, 4.69) is 98.8 Å². The van der Waals surface area contributed by atoms with Gasteiger partial charge in [-0.15, -0.1) is 0 Å². The fraction of sp³-hybridized carbons (Fsp3) is 0.389. The van der Waals surface area contributed by atoms with Gasteiger partial charge in [0.15, 0.2) is 0 Å². The molecule has 4 aromatic rings. The molecule has 38 heavy (non-hydrogen) atoms. The Bertz CT molecular complexity index is 1340. The van der Waals surface area contributed by atoms with Gasteiger partial charge in [-0.05, 0) is 63.9 Å². The van der Waals surface area contributed by atoms with Crippen molar-refractivity contribution in [3.63, 3.8) is 0 Å². The van der Waals surface area contributed by atoms with Crippen molar-refractivity contribution in [2.75, 3.05) is 6.61 Å². The molecule has 2 aliphatic carbocycles. The van der Waals surface area contributed by atoms with Crippen LogP contribution in [0.25, 0.3) is 21.9 Å². The van der Waals surface area contributed by atoms with Crippen LogP contribution in [0.1, 0.15) is 87.3 Å². The largest absolute Gasteiger partial charge is 0.463 e. The topological polar surface area (TPSA) is 18.5 Å². The third-order valence-electron chi connectivity index (χ3n) is 8.99. The molecule has 196 valence electrons. The molecule has 2 atom stereocenters. The van der Waals surface area contributed by atoms with E-state index in [0.29, 0.717) is 5.92 Å². The highest BCUT2D eigenvalue weighted by atomic mass is 16.7. The second-order valence-electron chi connectivity index (χ2n) is 11.3. The van der Waals surface area contributed by atoms with Crippen LogP contribution in [0.15, 0.2) is 84.9 Å². The Kier molecular flexibility index (Phi) is 7.51. The molecular formula is C36H40O2. The maximum absolute atomic E-state index is 6.96. The van der Waals surface area contributed by atoms with Crippen LogP contribution >= 0.6 is 0 Å². The molecule has 4 aromatic carbocycles. The van der Waals surface area contributed by atoms with Crippen molar-refractivity contribution in [1.82, 2.24) is 0 Å². The van der Waals surface area contributed by atoms with Crippen LogP contribution < -0.4 is 4.74 Å². The molecule has 0 radical (unpaired) electrons. The summed E-state index contributed by atoms with van der Waals surface area (Å²) < 4.78 is 13.7. The minimum absolute atomic E-state index is 0.0433. The predicted molar refractivity (Wildman–Crippen MR) is 158 cm³/mol. The summed E-state index contributed by atoms with van der Waals surface area (Å²) in [5.74, 6) is 2.24. The van der Waals surface area contributed by atoms with Gasteiger partial charge in [0.2, 0.25) is 6.29 Å². The van der Waals surface area contributed by atoms with Gasteiger partial charge in [0.05, 0.1) is 12.5 Å². The van der Waals surface area contributed by atoms with Gasteiger partial charge in [-0.25, -0.2) is 0 Å².